The Hall–Kier alpha value is -1.10. The molecule has 0 unspecified atom stereocenters. The van der Waals surface area contributed by atoms with Crippen LogP contribution >= 0.6 is 0 Å². The third-order valence-electron chi connectivity index (χ3n) is 1.33. The van der Waals surface area contributed by atoms with Gasteiger partial charge in [-0.1, -0.05) is 13.3 Å². The van der Waals surface area contributed by atoms with E-state index in [0.717, 1.165) is 12.8 Å². The summed E-state index contributed by atoms with van der Waals surface area (Å²) in [7, 11) is 0. The summed E-state index contributed by atoms with van der Waals surface area (Å²) in [4.78, 5) is 21.1. The molecule has 0 aliphatic carbocycles. The van der Waals surface area contributed by atoms with Crippen molar-refractivity contribution in [1.82, 2.24) is 5.32 Å². The molecule has 0 aliphatic heterocycles. The molecule has 76 valence electrons. The maximum absolute atomic E-state index is 10.9. The smallest absolute Gasteiger partial charge is 0.319 e. The first-order chi connectivity index (χ1) is 6.16. The van der Waals surface area contributed by atoms with Crippen LogP contribution in [0, 0.1) is 0 Å². The number of rotatable bonds is 7. The van der Waals surface area contributed by atoms with Crippen molar-refractivity contribution in [2.24, 2.45) is 5.73 Å². The predicted octanol–water partition coefficient (Wildman–Crippen LogP) is -0.595. The van der Waals surface area contributed by atoms with Crippen LogP contribution in [0.5, 0.6) is 0 Å². The summed E-state index contributed by atoms with van der Waals surface area (Å²) < 4.78 is 4.81. The van der Waals surface area contributed by atoms with E-state index >= 15 is 0 Å². The van der Waals surface area contributed by atoms with Gasteiger partial charge in [-0.2, -0.15) is 0 Å². The van der Waals surface area contributed by atoms with E-state index in [2.05, 4.69) is 5.32 Å². The number of hydrogen-bond donors (Lipinski definition) is 2. The molecular formula is C8H16N2O3. The van der Waals surface area contributed by atoms with Gasteiger partial charge in [0.15, 0.2) is 0 Å². The second kappa shape index (κ2) is 7.54. The average molecular weight is 188 g/mol. The third kappa shape index (κ3) is 8.81. The lowest BCUT2D eigenvalue weighted by atomic mass is 10.4. The molecule has 0 aromatic heterocycles. The summed E-state index contributed by atoms with van der Waals surface area (Å²) in [5, 5.41) is 2.56. The molecule has 1 amide bonds. The maximum Gasteiger partial charge on any atom is 0.319 e. The molecule has 3 N–H and O–H groups in total. The lowest BCUT2D eigenvalue weighted by molar-refractivity contribution is -0.142. The Morgan fingerprint density at radius 3 is 2.62 bits per heavy atom. The molecule has 0 rings (SSSR count). The van der Waals surface area contributed by atoms with Crippen molar-refractivity contribution in [2.45, 2.75) is 19.8 Å². The van der Waals surface area contributed by atoms with E-state index in [0.29, 0.717) is 6.61 Å². The predicted molar refractivity (Wildman–Crippen MR) is 47.9 cm³/mol. The normalized spacial score (nSPS) is 9.62. The Labute approximate surface area is 77.6 Å². The Morgan fingerprint density at radius 1 is 1.38 bits per heavy atom. The molecule has 0 aliphatic rings. The van der Waals surface area contributed by atoms with Crippen molar-refractivity contribution in [1.29, 1.82) is 0 Å². The van der Waals surface area contributed by atoms with Crippen LogP contribution in [0.3, 0.4) is 0 Å². The van der Waals surface area contributed by atoms with E-state index in [1.54, 1.807) is 0 Å². The third-order valence-corrected chi connectivity index (χ3v) is 1.33. The standard InChI is InChI=1S/C8H16N2O3/c1-2-3-4-13-8(12)6-10-5-7(9)11/h10H,2-6H2,1H3,(H2,9,11). The van der Waals surface area contributed by atoms with Crippen molar-refractivity contribution in [2.75, 3.05) is 19.7 Å². The van der Waals surface area contributed by atoms with Gasteiger partial charge < -0.3 is 10.5 Å². The van der Waals surface area contributed by atoms with Crippen LogP contribution in [-0.4, -0.2) is 31.6 Å². The lowest BCUT2D eigenvalue weighted by Crippen LogP contribution is -2.33. The first-order valence-electron chi connectivity index (χ1n) is 4.31. The number of amides is 1. The molecule has 13 heavy (non-hydrogen) atoms. The van der Waals surface area contributed by atoms with Crippen LogP contribution in [0.1, 0.15) is 19.8 Å². The van der Waals surface area contributed by atoms with E-state index in [4.69, 9.17) is 10.5 Å². The van der Waals surface area contributed by atoms with Crippen LogP contribution in [0.4, 0.5) is 0 Å². The number of nitrogens with two attached hydrogens (primary N) is 1. The summed E-state index contributed by atoms with van der Waals surface area (Å²) in [5.74, 6) is -0.837. The fourth-order valence-corrected chi connectivity index (χ4v) is 0.669. The fraction of sp³-hybridized carbons (Fsp3) is 0.750. The van der Waals surface area contributed by atoms with Crippen LogP contribution in [0.15, 0.2) is 0 Å². The molecule has 0 saturated heterocycles. The second-order valence-electron chi connectivity index (χ2n) is 2.64. The zero-order valence-corrected chi connectivity index (χ0v) is 7.84. The van der Waals surface area contributed by atoms with Gasteiger partial charge in [0.1, 0.15) is 0 Å². The number of carbonyl (C=O) groups is 2. The van der Waals surface area contributed by atoms with Crippen molar-refractivity contribution in [3.05, 3.63) is 0 Å². The molecule has 0 bridgehead atoms. The molecule has 0 heterocycles. The Balaban J connectivity index is 3.25. The number of primary amides is 1. The number of unbranched alkanes of at least 4 members (excludes halogenated alkanes) is 1. The zero-order chi connectivity index (χ0) is 10.1. The number of hydrogen-bond acceptors (Lipinski definition) is 4. The first-order valence-corrected chi connectivity index (χ1v) is 4.31. The largest absolute Gasteiger partial charge is 0.465 e. The lowest BCUT2D eigenvalue weighted by Gasteiger charge is -2.03. The molecule has 0 aromatic rings. The minimum Gasteiger partial charge on any atom is -0.465 e. The molecule has 0 fully saturated rings. The average Bonchev–Trinajstić information content (AvgIpc) is 2.04. The van der Waals surface area contributed by atoms with Gasteiger partial charge in [0.2, 0.25) is 5.91 Å². The van der Waals surface area contributed by atoms with Gasteiger partial charge in [-0.25, -0.2) is 0 Å². The van der Waals surface area contributed by atoms with E-state index < -0.39 is 5.91 Å². The van der Waals surface area contributed by atoms with Crippen molar-refractivity contribution in [3.63, 3.8) is 0 Å². The Kier molecular flexibility index (Phi) is 6.91. The van der Waals surface area contributed by atoms with Crippen LogP contribution in [0.2, 0.25) is 0 Å². The van der Waals surface area contributed by atoms with E-state index in [-0.39, 0.29) is 19.1 Å². The van der Waals surface area contributed by atoms with E-state index in [1.165, 1.54) is 0 Å². The first kappa shape index (κ1) is 11.9. The number of nitrogens with one attached hydrogen (secondary N) is 1. The van der Waals surface area contributed by atoms with Gasteiger partial charge >= 0.3 is 5.97 Å². The fourth-order valence-electron chi connectivity index (χ4n) is 0.669. The summed E-state index contributed by atoms with van der Waals surface area (Å²) >= 11 is 0. The SMILES string of the molecule is CCCCOC(=O)CNCC(N)=O. The van der Waals surface area contributed by atoms with Gasteiger partial charge in [0, 0.05) is 0 Å². The van der Waals surface area contributed by atoms with Crippen molar-refractivity contribution in [3.8, 4) is 0 Å². The highest BCUT2D eigenvalue weighted by molar-refractivity contribution is 5.77. The monoisotopic (exact) mass is 188 g/mol. The quantitative estimate of drug-likeness (QED) is 0.413. The number of esters is 1. The van der Waals surface area contributed by atoms with E-state index in [1.807, 2.05) is 6.92 Å². The number of carbonyl (C=O) groups excluding carboxylic acids is 2. The van der Waals surface area contributed by atoms with Crippen molar-refractivity contribution < 1.29 is 14.3 Å². The van der Waals surface area contributed by atoms with E-state index in [9.17, 15) is 9.59 Å². The molecule has 0 aromatic carbocycles. The summed E-state index contributed by atoms with van der Waals surface area (Å²) in [6.07, 6.45) is 1.85. The molecule has 0 radical (unpaired) electrons. The van der Waals surface area contributed by atoms with Crippen LogP contribution < -0.4 is 11.1 Å². The Bertz CT molecular complexity index is 171. The van der Waals surface area contributed by atoms with Crippen LogP contribution in [0.25, 0.3) is 0 Å². The topological polar surface area (TPSA) is 81.4 Å². The molecule has 0 spiro atoms. The van der Waals surface area contributed by atoms with Gasteiger partial charge in [0.25, 0.3) is 0 Å². The maximum atomic E-state index is 10.9. The van der Waals surface area contributed by atoms with Gasteiger partial charge in [0.05, 0.1) is 19.7 Å². The van der Waals surface area contributed by atoms with Gasteiger partial charge in [-0.3, -0.25) is 14.9 Å². The van der Waals surface area contributed by atoms with Crippen molar-refractivity contribution >= 4 is 11.9 Å². The molecule has 5 nitrogen and oxygen atoms in total. The second-order valence-corrected chi connectivity index (χ2v) is 2.64. The highest BCUT2D eigenvalue weighted by Crippen LogP contribution is 1.87. The molecule has 5 heteroatoms. The number of ether oxygens (including phenoxy) is 1. The molecule has 0 saturated carbocycles. The summed E-state index contributed by atoms with van der Waals surface area (Å²) in [6.45, 7) is 2.49. The van der Waals surface area contributed by atoms with Gasteiger partial charge in [-0.15, -0.1) is 0 Å². The highest BCUT2D eigenvalue weighted by Gasteiger charge is 2.01. The highest BCUT2D eigenvalue weighted by atomic mass is 16.5. The molecular weight excluding hydrogens is 172 g/mol. The summed E-state index contributed by atoms with van der Waals surface area (Å²) in [5.41, 5.74) is 4.85. The molecule has 0 atom stereocenters. The zero-order valence-electron chi connectivity index (χ0n) is 7.84. The van der Waals surface area contributed by atoms with Gasteiger partial charge in [-0.05, 0) is 6.42 Å². The minimum absolute atomic E-state index is 0.00285. The minimum atomic E-state index is -0.485. The summed E-state index contributed by atoms with van der Waals surface area (Å²) in [6, 6.07) is 0. The Morgan fingerprint density at radius 2 is 2.08 bits per heavy atom. The van der Waals surface area contributed by atoms with Crippen LogP contribution in [-0.2, 0) is 14.3 Å².